The third-order valence-electron chi connectivity index (χ3n) is 2.49. The van der Waals surface area contributed by atoms with E-state index in [1.54, 1.807) is 0 Å². The molecule has 0 spiro atoms. The summed E-state index contributed by atoms with van der Waals surface area (Å²) in [4.78, 5) is 0. The van der Waals surface area contributed by atoms with Crippen molar-refractivity contribution >= 4 is 21.6 Å². The second kappa shape index (κ2) is 4.32. The zero-order valence-electron chi connectivity index (χ0n) is 8.22. The smallest absolute Gasteiger partial charge is 0.0668 e. The highest BCUT2D eigenvalue weighted by Crippen LogP contribution is 2.22. The zero-order valence-corrected chi connectivity index (χ0v) is 9.80. The minimum Gasteiger partial charge on any atom is -0.380 e. The Kier molecular flexibility index (Phi) is 3.08. The zero-order chi connectivity index (χ0) is 9.97. The number of nitrogens with one attached hydrogen (secondary N) is 1. The Hall–Kier alpha value is -0.540. The largest absolute Gasteiger partial charge is 0.380 e. The van der Waals surface area contributed by atoms with Gasteiger partial charge in [-0.1, -0.05) is 22.0 Å². The van der Waals surface area contributed by atoms with E-state index in [2.05, 4.69) is 46.4 Å². The molecule has 0 saturated carbocycles. The van der Waals surface area contributed by atoms with E-state index in [1.807, 2.05) is 0 Å². The molecule has 1 aliphatic heterocycles. The maximum atomic E-state index is 5.33. The van der Waals surface area contributed by atoms with Gasteiger partial charge in [-0.25, -0.2) is 0 Å². The van der Waals surface area contributed by atoms with Gasteiger partial charge in [-0.3, -0.25) is 0 Å². The van der Waals surface area contributed by atoms with E-state index in [0.717, 1.165) is 24.1 Å². The van der Waals surface area contributed by atoms with Gasteiger partial charge in [0.25, 0.3) is 0 Å². The molecule has 0 amide bonds. The lowest BCUT2D eigenvalue weighted by Gasteiger charge is -2.14. The van der Waals surface area contributed by atoms with Crippen molar-refractivity contribution in [3.05, 3.63) is 28.2 Å². The monoisotopic (exact) mass is 255 g/mol. The number of hydrogen-bond acceptors (Lipinski definition) is 2. The van der Waals surface area contributed by atoms with Crippen LogP contribution in [0.25, 0.3) is 0 Å². The molecular formula is C11H14BrNO. The van der Waals surface area contributed by atoms with E-state index in [9.17, 15) is 0 Å². The lowest BCUT2D eigenvalue weighted by atomic mass is 10.1. The van der Waals surface area contributed by atoms with Gasteiger partial charge in [-0.2, -0.15) is 0 Å². The molecular weight excluding hydrogens is 242 g/mol. The number of benzene rings is 1. The summed E-state index contributed by atoms with van der Waals surface area (Å²) >= 11 is 3.47. The SMILES string of the molecule is Cc1ccc(Br)cc1NC1CCOC1. The summed E-state index contributed by atoms with van der Waals surface area (Å²) in [5.74, 6) is 0. The predicted octanol–water partition coefficient (Wildman–Crippen LogP) is 2.96. The topological polar surface area (TPSA) is 21.3 Å². The molecule has 0 radical (unpaired) electrons. The van der Waals surface area contributed by atoms with Gasteiger partial charge >= 0.3 is 0 Å². The average molecular weight is 256 g/mol. The minimum absolute atomic E-state index is 0.475. The van der Waals surface area contributed by atoms with Crippen LogP contribution in [0.4, 0.5) is 5.69 Å². The van der Waals surface area contributed by atoms with Crippen LogP contribution >= 0.6 is 15.9 Å². The molecule has 14 heavy (non-hydrogen) atoms. The Balaban J connectivity index is 2.10. The first kappa shape index (κ1) is 9.99. The first-order valence-corrected chi connectivity index (χ1v) is 5.65. The van der Waals surface area contributed by atoms with E-state index in [4.69, 9.17) is 4.74 Å². The fourth-order valence-corrected chi connectivity index (χ4v) is 1.98. The van der Waals surface area contributed by atoms with Crippen LogP contribution in [0.15, 0.2) is 22.7 Å². The van der Waals surface area contributed by atoms with Crippen molar-refractivity contribution in [1.29, 1.82) is 0 Å². The van der Waals surface area contributed by atoms with Crippen LogP contribution in [-0.4, -0.2) is 19.3 Å². The van der Waals surface area contributed by atoms with Crippen molar-refractivity contribution in [3.63, 3.8) is 0 Å². The van der Waals surface area contributed by atoms with Gasteiger partial charge < -0.3 is 10.1 Å². The summed E-state index contributed by atoms with van der Waals surface area (Å²) < 4.78 is 6.44. The standard InChI is InChI=1S/C11H14BrNO/c1-8-2-3-9(12)6-11(8)13-10-4-5-14-7-10/h2-3,6,10,13H,4-5,7H2,1H3. The van der Waals surface area contributed by atoms with Crippen LogP contribution in [0.3, 0.4) is 0 Å². The maximum absolute atomic E-state index is 5.33. The highest BCUT2D eigenvalue weighted by Gasteiger charge is 2.15. The molecule has 2 nitrogen and oxygen atoms in total. The molecule has 1 fully saturated rings. The first-order valence-electron chi connectivity index (χ1n) is 4.86. The fourth-order valence-electron chi connectivity index (χ4n) is 1.62. The molecule has 0 aromatic heterocycles. The highest BCUT2D eigenvalue weighted by molar-refractivity contribution is 9.10. The molecule has 1 aromatic rings. The fraction of sp³-hybridized carbons (Fsp3) is 0.455. The van der Waals surface area contributed by atoms with Crippen LogP contribution in [0.2, 0.25) is 0 Å². The molecule has 0 aliphatic carbocycles. The summed E-state index contributed by atoms with van der Waals surface area (Å²) in [5, 5.41) is 3.49. The van der Waals surface area contributed by atoms with E-state index >= 15 is 0 Å². The van der Waals surface area contributed by atoms with Crippen LogP contribution in [0, 0.1) is 6.92 Å². The molecule has 1 aromatic carbocycles. The summed E-state index contributed by atoms with van der Waals surface area (Å²) in [7, 11) is 0. The molecule has 76 valence electrons. The van der Waals surface area contributed by atoms with Crippen molar-refractivity contribution in [2.24, 2.45) is 0 Å². The van der Waals surface area contributed by atoms with E-state index in [-0.39, 0.29) is 0 Å². The van der Waals surface area contributed by atoms with Crippen molar-refractivity contribution < 1.29 is 4.74 Å². The van der Waals surface area contributed by atoms with Crippen LogP contribution in [0.1, 0.15) is 12.0 Å². The maximum Gasteiger partial charge on any atom is 0.0668 e. The Morgan fingerprint density at radius 1 is 1.50 bits per heavy atom. The Labute approximate surface area is 92.8 Å². The molecule has 0 bridgehead atoms. The predicted molar refractivity (Wildman–Crippen MR) is 61.7 cm³/mol. The molecule has 1 aliphatic rings. The number of halogens is 1. The number of aryl methyl sites for hydroxylation is 1. The number of rotatable bonds is 2. The lowest BCUT2D eigenvalue weighted by Crippen LogP contribution is -2.19. The van der Waals surface area contributed by atoms with E-state index in [1.165, 1.54) is 11.3 Å². The van der Waals surface area contributed by atoms with Gasteiger partial charge in [0.1, 0.15) is 0 Å². The van der Waals surface area contributed by atoms with Crippen molar-refractivity contribution in [1.82, 2.24) is 0 Å². The Morgan fingerprint density at radius 3 is 3.07 bits per heavy atom. The van der Waals surface area contributed by atoms with Crippen LogP contribution in [-0.2, 0) is 4.74 Å². The third kappa shape index (κ3) is 2.28. The van der Waals surface area contributed by atoms with Gasteiger partial charge in [-0.15, -0.1) is 0 Å². The Bertz CT molecular complexity index is 321. The van der Waals surface area contributed by atoms with Gasteiger partial charge in [0.15, 0.2) is 0 Å². The van der Waals surface area contributed by atoms with Gasteiger partial charge in [0.2, 0.25) is 0 Å². The molecule has 1 heterocycles. The quantitative estimate of drug-likeness (QED) is 0.878. The summed E-state index contributed by atoms with van der Waals surface area (Å²) in [6, 6.07) is 6.77. The van der Waals surface area contributed by atoms with Gasteiger partial charge in [-0.05, 0) is 31.0 Å². The molecule has 1 N–H and O–H groups in total. The lowest BCUT2D eigenvalue weighted by molar-refractivity contribution is 0.195. The first-order chi connectivity index (χ1) is 6.75. The third-order valence-corrected chi connectivity index (χ3v) is 2.98. The molecule has 3 heteroatoms. The normalized spacial score (nSPS) is 21.1. The summed E-state index contributed by atoms with van der Waals surface area (Å²) in [6.07, 6.45) is 1.10. The summed E-state index contributed by atoms with van der Waals surface area (Å²) in [5.41, 5.74) is 2.48. The molecule has 1 unspecified atom stereocenters. The highest BCUT2D eigenvalue weighted by atomic mass is 79.9. The van der Waals surface area contributed by atoms with Gasteiger partial charge in [0, 0.05) is 16.8 Å². The van der Waals surface area contributed by atoms with Crippen molar-refractivity contribution in [2.75, 3.05) is 18.5 Å². The van der Waals surface area contributed by atoms with Crippen LogP contribution in [0.5, 0.6) is 0 Å². The van der Waals surface area contributed by atoms with Crippen LogP contribution < -0.4 is 5.32 Å². The van der Waals surface area contributed by atoms with E-state index in [0.29, 0.717) is 6.04 Å². The number of hydrogen-bond donors (Lipinski definition) is 1. The second-order valence-electron chi connectivity index (χ2n) is 3.66. The number of anilines is 1. The number of ether oxygens (including phenoxy) is 1. The molecule has 1 saturated heterocycles. The second-order valence-corrected chi connectivity index (χ2v) is 4.58. The minimum atomic E-state index is 0.475. The van der Waals surface area contributed by atoms with Crippen molar-refractivity contribution in [3.8, 4) is 0 Å². The molecule has 2 rings (SSSR count). The van der Waals surface area contributed by atoms with Gasteiger partial charge in [0.05, 0.1) is 12.6 Å². The Morgan fingerprint density at radius 2 is 2.36 bits per heavy atom. The summed E-state index contributed by atoms with van der Waals surface area (Å²) in [6.45, 7) is 3.82. The van der Waals surface area contributed by atoms with E-state index < -0.39 is 0 Å². The average Bonchev–Trinajstić information content (AvgIpc) is 2.64. The molecule has 1 atom stereocenters. The van der Waals surface area contributed by atoms with Crippen molar-refractivity contribution in [2.45, 2.75) is 19.4 Å².